The predicted octanol–water partition coefficient (Wildman–Crippen LogP) is 3.34. The average molecular weight is 427 g/mol. The number of piperazine rings is 1. The molecule has 1 atom stereocenters. The van der Waals surface area contributed by atoms with Gasteiger partial charge >= 0.3 is 0 Å². The third-order valence-corrected chi connectivity index (χ3v) is 6.84. The smallest absolute Gasteiger partial charge is 0.199 e. The van der Waals surface area contributed by atoms with Gasteiger partial charge in [0, 0.05) is 55.4 Å². The molecular formula is C22H30N6OS. The Labute approximate surface area is 182 Å². The van der Waals surface area contributed by atoms with Gasteiger partial charge in [0.2, 0.25) is 0 Å². The Balaban J connectivity index is 1.49. The van der Waals surface area contributed by atoms with Crippen LogP contribution in [0.2, 0.25) is 0 Å². The number of hydrogen-bond acceptors (Lipinski definition) is 5. The Morgan fingerprint density at radius 1 is 1.17 bits per heavy atom. The summed E-state index contributed by atoms with van der Waals surface area (Å²) in [6.07, 6.45) is 4.47. The Hall–Kier alpha value is -2.00. The first-order valence-corrected chi connectivity index (χ1v) is 11.4. The molecule has 1 aromatic carbocycles. The number of aromatic nitrogens is 4. The molecule has 1 unspecified atom stereocenters. The fourth-order valence-corrected chi connectivity index (χ4v) is 4.84. The number of rotatable bonds is 6. The molecular weight excluding hydrogens is 396 g/mol. The van der Waals surface area contributed by atoms with Crippen molar-refractivity contribution < 1.29 is 4.74 Å². The molecule has 160 valence electrons. The van der Waals surface area contributed by atoms with Gasteiger partial charge in [-0.05, 0) is 37.7 Å². The lowest BCUT2D eigenvalue weighted by Crippen LogP contribution is -2.46. The van der Waals surface area contributed by atoms with Gasteiger partial charge in [-0.25, -0.2) is 4.68 Å². The van der Waals surface area contributed by atoms with Gasteiger partial charge in [0.1, 0.15) is 0 Å². The Morgan fingerprint density at radius 2 is 1.97 bits per heavy atom. The molecule has 0 bridgehead atoms. The molecule has 2 aliphatic heterocycles. The molecule has 7 nitrogen and oxygen atoms in total. The highest BCUT2D eigenvalue weighted by Crippen LogP contribution is 2.29. The van der Waals surface area contributed by atoms with Crippen molar-refractivity contribution in [3.63, 3.8) is 0 Å². The zero-order valence-electron chi connectivity index (χ0n) is 17.6. The van der Waals surface area contributed by atoms with E-state index in [-0.39, 0.29) is 6.10 Å². The van der Waals surface area contributed by atoms with Crippen molar-refractivity contribution in [3.8, 4) is 11.4 Å². The van der Waals surface area contributed by atoms with E-state index in [0.29, 0.717) is 0 Å². The van der Waals surface area contributed by atoms with Gasteiger partial charge in [-0.15, -0.1) is 0 Å². The number of ether oxygens (including phenoxy) is 1. The van der Waals surface area contributed by atoms with Crippen LogP contribution in [0.4, 0.5) is 0 Å². The Bertz CT molecular complexity index is 1060. The van der Waals surface area contributed by atoms with Gasteiger partial charge in [0.25, 0.3) is 0 Å². The van der Waals surface area contributed by atoms with Gasteiger partial charge in [0.05, 0.1) is 19.3 Å². The topological polar surface area (TPSA) is 54.2 Å². The SMILES string of the molecule is CCN1CCN(Cn2nc(-c3c[nH]c4ccccc34)n(CC3CCCO3)c2=S)CC1. The number of hydrogen-bond donors (Lipinski definition) is 1. The second kappa shape index (κ2) is 8.63. The molecule has 3 aromatic rings. The monoisotopic (exact) mass is 426 g/mol. The predicted molar refractivity (Wildman–Crippen MR) is 121 cm³/mol. The number of nitrogens with one attached hydrogen (secondary N) is 1. The van der Waals surface area contributed by atoms with Gasteiger partial charge < -0.3 is 14.6 Å². The number of benzene rings is 1. The molecule has 30 heavy (non-hydrogen) atoms. The summed E-state index contributed by atoms with van der Waals surface area (Å²) in [5.41, 5.74) is 2.22. The zero-order valence-corrected chi connectivity index (χ0v) is 18.4. The van der Waals surface area contributed by atoms with Crippen LogP contribution in [0.15, 0.2) is 30.5 Å². The van der Waals surface area contributed by atoms with E-state index in [1.807, 2.05) is 4.68 Å². The van der Waals surface area contributed by atoms with Crippen molar-refractivity contribution in [3.05, 3.63) is 35.2 Å². The van der Waals surface area contributed by atoms with E-state index in [1.54, 1.807) is 0 Å². The van der Waals surface area contributed by atoms with Gasteiger partial charge in [-0.2, -0.15) is 5.10 Å². The van der Waals surface area contributed by atoms with E-state index in [1.165, 1.54) is 5.39 Å². The third-order valence-electron chi connectivity index (χ3n) is 6.41. The number of fused-ring (bicyclic) bond motifs is 1. The van der Waals surface area contributed by atoms with Crippen molar-refractivity contribution in [2.45, 2.75) is 39.1 Å². The summed E-state index contributed by atoms with van der Waals surface area (Å²) in [5, 5.41) is 6.20. The van der Waals surface area contributed by atoms with Crippen LogP contribution >= 0.6 is 12.2 Å². The minimum atomic E-state index is 0.214. The Kier molecular flexibility index (Phi) is 5.73. The molecule has 2 fully saturated rings. The first-order chi connectivity index (χ1) is 14.7. The quantitative estimate of drug-likeness (QED) is 0.613. The van der Waals surface area contributed by atoms with E-state index in [9.17, 15) is 0 Å². The van der Waals surface area contributed by atoms with E-state index >= 15 is 0 Å². The lowest BCUT2D eigenvalue weighted by Gasteiger charge is -2.33. The van der Waals surface area contributed by atoms with Crippen molar-refractivity contribution in [2.24, 2.45) is 0 Å². The van der Waals surface area contributed by atoms with Crippen LogP contribution in [-0.2, 0) is 18.0 Å². The molecule has 2 aromatic heterocycles. The number of aromatic amines is 1. The molecule has 0 radical (unpaired) electrons. The van der Waals surface area contributed by atoms with E-state index in [4.69, 9.17) is 22.1 Å². The first kappa shape index (κ1) is 19.9. The minimum Gasteiger partial charge on any atom is -0.376 e. The number of nitrogens with zero attached hydrogens (tertiary/aromatic N) is 5. The second-order valence-corrected chi connectivity index (χ2v) is 8.66. The molecule has 2 aliphatic rings. The summed E-state index contributed by atoms with van der Waals surface area (Å²) >= 11 is 5.92. The number of H-pyrrole nitrogens is 1. The normalized spacial score (nSPS) is 21.0. The van der Waals surface area contributed by atoms with Crippen molar-refractivity contribution in [1.82, 2.24) is 29.1 Å². The van der Waals surface area contributed by atoms with Crippen molar-refractivity contribution in [2.75, 3.05) is 39.3 Å². The third kappa shape index (κ3) is 3.85. The van der Waals surface area contributed by atoms with E-state index in [2.05, 4.69) is 56.7 Å². The summed E-state index contributed by atoms with van der Waals surface area (Å²) in [5.74, 6) is 0.931. The fourth-order valence-electron chi connectivity index (χ4n) is 4.58. The maximum Gasteiger partial charge on any atom is 0.199 e. The summed E-state index contributed by atoms with van der Waals surface area (Å²) < 4.78 is 10.9. The summed E-state index contributed by atoms with van der Waals surface area (Å²) in [7, 11) is 0. The molecule has 1 N–H and O–H groups in total. The standard InChI is InChI=1S/C22H30N6OS/c1-2-25-9-11-26(12-10-25)16-28-22(30)27(15-17-6-5-13-29-17)21(24-28)19-14-23-20-8-4-3-7-18(19)20/h3-4,7-8,14,17,23H,2,5-6,9-13,15-16H2,1H3. The highest BCUT2D eigenvalue weighted by Gasteiger charge is 2.23. The van der Waals surface area contributed by atoms with E-state index in [0.717, 1.165) is 87.1 Å². The summed E-state index contributed by atoms with van der Waals surface area (Å²) in [6, 6.07) is 8.37. The van der Waals surface area contributed by atoms with Crippen molar-refractivity contribution in [1.29, 1.82) is 0 Å². The molecule has 4 heterocycles. The van der Waals surface area contributed by atoms with Crippen LogP contribution in [-0.4, -0.2) is 74.6 Å². The van der Waals surface area contributed by atoms with Crippen LogP contribution in [0.25, 0.3) is 22.3 Å². The average Bonchev–Trinajstić information content (AvgIpc) is 3.51. The molecule has 2 saturated heterocycles. The van der Waals surface area contributed by atoms with Crippen LogP contribution in [0.5, 0.6) is 0 Å². The van der Waals surface area contributed by atoms with Crippen molar-refractivity contribution >= 4 is 23.1 Å². The van der Waals surface area contributed by atoms with Crippen LogP contribution in [0, 0.1) is 4.77 Å². The highest BCUT2D eigenvalue weighted by atomic mass is 32.1. The van der Waals surface area contributed by atoms with Crippen LogP contribution in [0.3, 0.4) is 0 Å². The highest BCUT2D eigenvalue weighted by molar-refractivity contribution is 7.71. The number of likely N-dealkylation sites (N-methyl/N-ethyl adjacent to an activating group) is 1. The molecule has 8 heteroatoms. The van der Waals surface area contributed by atoms with Gasteiger partial charge in [-0.3, -0.25) is 9.47 Å². The maximum atomic E-state index is 5.93. The maximum absolute atomic E-state index is 5.93. The minimum absolute atomic E-state index is 0.214. The molecule has 0 spiro atoms. The van der Waals surface area contributed by atoms with Crippen LogP contribution < -0.4 is 0 Å². The lowest BCUT2D eigenvalue weighted by molar-refractivity contribution is 0.0954. The molecule has 0 saturated carbocycles. The largest absolute Gasteiger partial charge is 0.376 e. The lowest BCUT2D eigenvalue weighted by atomic mass is 10.1. The Morgan fingerprint density at radius 3 is 2.73 bits per heavy atom. The number of para-hydroxylation sites is 1. The van der Waals surface area contributed by atoms with Crippen LogP contribution in [0.1, 0.15) is 19.8 Å². The van der Waals surface area contributed by atoms with Gasteiger partial charge in [0.15, 0.2) is 10.6 Å². The van der Waals surface area contributed by atoms with E-state index < -0.39 is 0 Å². The fraction of sp³-hybridized carbons (Fsp3) is 0.545. The molecule has 0 aliphatic carbocycles. The summed E-state index contributed by atoms with van der Waals surface area (Å²) in [6.45, 7) is 10.0. The summed E-state index contributed by atoms with van der Waals surface area (Å²) in [4.78, 5) is 8.32. The second-order valence-electron chi connectivity index (χ2n) is 8.29. The first-order valence-electron chi connectivity index (χ1n) is 11.0. The zero-order chi connectivity index (χ0) is 20.5. The van der Waals surface area contributed by atoms with Gasteiger partial charge in [-0.1, -0.05) is 25.1 Å². The molecule has 5 rings (SSSR count). The molecule has 0 amide bonds.